The summed E-state index contributed by atoms with van der Waals surface area (Å²) in [7, 11) is -1.66. The molecular formula is C37H48N3O9P. The van der Waals surface area contributed by atoms with E-state index in [2.05, 4.69) is 4.98 Å². The molecule has 1 aromatic heterocycles. The fourth-order valence-electron chi connectivity index (χ4n) is 7.06. The quantitative estimate of drug-likeness (QED) is 0.116. The van der Waals surface area contributed by atoms with Gasteiger partial charge in [-0.2, -0.15) is 0 Å². The number of aromatic amines is 1. The topological polar surface area (TPSA) is 156 Å². The summed E-state index contributed by atoms with van der Waals surface area (Å²) in [5, 5.41) is 10.4. The summed E-state index contributed by atoms with van der Waals surface area (Å²) < 4.78 is 27.1. The number of ether oxygens (including phenoxy) is 4. The summed E-state index contributed by atoms with van der Waals surface area (Å²) in [6.45, 7) is 8.49. The molecule has 0 spiro atoms. The predicted octanol–water partition coefficient (Wildman–Crippen LogP) is 4.45. The molecule has 0 radical (unpaired) electrons. The summed E-state index contributed by atoms with van der Waals surface area (Å²) in [5.74, 6) is 1.28. The van der Waals surface area contributed by atoms with Crippen molar-refractivity contribution in [3.8, 4) is 11.5 Å². The monoisotopic (exact) mass is 709 g/mol. The molecule has 0 bridgehead atoms. The number of benzene rings is 3. The van der Waals surface area contributed by atoms with Gasteiger partial charge in [0, 0.05) is 0 Å². The van der Waals surface area contributed by atoms with Crippen molar-refractivity contribution in [1.29, 1.82) is 0 Å². The molecule has 2 heterocycles. The Balaban J connectivity index is 1.69. The molecule has 0 aliphatic carbocycles. The maximum atomic E-state index is 13.0. The van der Waals surface area contributed by atoms with Gasteiger partial charge < -0.3 is 0 Å². The molecule has 3 atom stereocenters. The first-order valence-electron chi connectivity index (χ1n) is 16.6. The van der Waals surface area contributed by atoms with Gasteiger partial charge in [-0.05, 0) is 0 Å². The second-order valence-electron chi connectivity index (χ2n) is 13.2. The SMILES string of the molecule is COc1ccc(C(OC[C@H]2O[C@@H](n3cc(C)c(=O)[nH]c3=O)C[C@@]2(O)[PH](O)(O)N(C(C)C)C(C)C)(c2ccccc2)c2ccc(OC)cc2)cc1. The Kier molecular flexibility index (Phi) is 11.0. The average Bonchev–Trinajstić information content (AvgIpc) is 3.44. The third-order valence-corrected chi connectivity index (χ3v) is 12.9. The van der Waals surface area contributed by atoms with Gasteiger partial charge in [-0.25, -0.2) is 0 Å². The number of nitrogens with one attached hydrogen (secondary N) is 1. The Hall–Kier alpha value is -3.87. The van der Waals surface area contributed by atoms with Crippen LogP contribution in [0.5, 0.6) is 11.5 Å². The molecule has 0 saturated carbocycles. The Morgan fingerprint density at radius 1 is 0.900 bits per heavy atom. The van der Waals surface area contributed by atoms with Crippen LogP contribution in [-0.4, -0.2) is 73.5 Å². The molecule has 4 aromatic rings. The molecule has 1 aliphatic heterocycles. The van der Waals surface area contributed by atoms with Crippen LogP contribution in [0.15, 0.2) is 94.6 Å². The molecule has 50 heavy (non-hydrogen) atoms. The molecule has 1 fully saturated rings. The van der Waals surface area contributed by atoms with Crippen LogP contribution in [0.1, 0.15) is 62.6 Å². The summed E-state index contributed by atoms with van der Waals surface area (Å²) in [4.78, 5) is 51.8. The number of methoxy groups -OCH3 is 2. The van der Waals surface area contributed by atoms with E-state index in [0.29, 0.717) is 11.5 Å². The van der Waals surface area contributed by atoms with Crippen molar-refractivity contribution in [3.05, 3.63) is 128 Å². The molecule has 1 saturated heterocycles. The normalized spacial score (nSPS) is 20.1. The summed E-state index contributed by atoms with van der Waals surface area (Å²) >= 11 is 0. The van der Waals surface area contributed by atoms with Crippen LogP contribution in [0.2, 0.25) is 0 Å². The molecule has 1 aliphatic rings. The van der Waals surface area contributed by atoms with E-state index in [9.17, 15) is 24.5 Å². The third kappa shape index (κ3) is 6.77. The number of H-pyrrole nitrogens is 1. The molecule has 5 rings (SSSR count). The first-order valence-corrected chi connectivity index (χ1v) is 18.4. The first kappa shape index (κ1) is 37.4. The molecule has 270 valence electrons. The number of aryl methyl sites for hydroxylation is 1. The fraction of sp³-hybridized carbons (Fsp3) is 0.405. The third-order valence-electron chi connectivity index (χ3n) is 9.47. The van der Waals surface area contributed by atoms with E-state index in [0.717, 1.165) is 16.7 Å². The summed E-state index contributed by atoms with van der Waals surface area (Å²) in [5.41, 5.74) is -0.157. The Morgan fingerprint density at radius 3 is 1.88 bits per heavy atom. The van der Waals surface area contributed by atoms with E-state index in [1.54, 1.807) is 21.1 Å². The van der Waals surface area contributed by atoms with Crippen molar-refractivity contribution in [3.63, 3.8) is 0 Å². The second kappa shape index (κ2) is 14.8. The van der Waals surface area contributed by atoms with Crippen LogP contribution in [0.25, 0.3) is 0 Å². The van der Waals surface area contributed by atoms with Gasteiger partial charge in [0.25, 0.3) is 0 Å². The molecule has 3 aromatic carbocycles. The number of aliphatic hydroxyl groups is 1. The van der Waals surface area contributed by atoms with Crippen molar-refractivity contribution in [1.82, 2.24) is 14.2 Å². The predicted molar refractivity (Wildman–Crippen MR) is 193 cm³/mol. The van der Waals surface area contributed by atoms with E-state index < -0.39 is 42.4 Å². The van der Waals surface area contributed by atoms with Gasteiger partial charge in [-0.3, -0.25) is 0 Å². The zero-order chi connectivity index (χ0) is 36.4. The molecule has 0 unspecified atom stereocenters. The maximum absolute atomic E-state index is 13.0. The number of aromatic nitrogens is 2. The molecule has 0 amide bonds. The van der Waals surface area contributed by atoms with Crippen LogP contribution in [0, 0.1) is 6.92 Å². The van der Waals surface area contributed by atoms with Gasteiger partial charge in [0.2, 0.25) is 0 Å². The molecule has 12 nitrogen and oxygen atoms in total. The standard InChI is InChI=1S/C37H48N3O9P/c1-24(2)40(25(3)4)50(44,45)36(43)21-33(39-22-26(5)34(41)38-35(39)42)49-32(36)23-48-37(27-11-9-8-10-12-27,28-13-17-30(46-6)18-14-28)29-15-19-31(47-7)20-16-29/h8-20,22,24-25,32-33,43-45,50H,21,23H2,1-7H3,(H,38,41,42)/t32-,33-,36-/m1/s1. The number of hydrogen-bond donors (Lipinski definition) is 4. The van der Waals surface area contributed by atoms with Crippen molar-refractivity contribution in [2.24, 2.45) is 0 Å². The van der Waals surface area contributed by atoms with E-state index in [4.69, 9.17) is 18.9 Å². The summed E-state index contributed by atoms with van der Waals surface area (Å²) in [6, 6.07) is 23.7. The van der Waals surface area contributed by atoms with E-state index in [1.807, 2.05) is 107 Å². The van der Waals surface area contributed by atoms with Gasteiger partial charge in [-0.1, -0.05) is 0 Å². The molecular weight excluding hydrogens is 661 g/mol. The van der Waals surface area contributed by atoms with Crippen molar-refractivity contribution < 1.29 is 33.8 Å². The van der Waals surface area contributed by atoms with E-state index in [-0.39, 0.29) is 30.7 Å². The van der Waals surface area contributed by atoms with E-state index >= 15 is 0 Å². The zero-order valence-corrected chi connectivity index (χ0v) is 30.5. The Morgan fingerprint density at radius 2 is 1.40 bits per heavy atom. The van der Waals surface area contributed by atoms with Crippen LogP contribution in [0.4, 0.5) is 0 Å². The Bertz CT molecular complexity index is 1810. The van der Waals surface area contributed by atoms with Gasteiger partial charge in [0.05, 0.1) is 0 Å². The zero-order valence-electron chi connectivity index (χ0n) is 29.5. The second-order valence-corrected chi connectivity index (χ2v) is 15.9. The number of hydrogen-bond acceptors (Lipinski definition) is 10. The first-order chi connectivity index (χ1) is 23.7. The van der Waals surface area contributed by atoms with Crippen LogP contribution in [0.3, 0.4) is 0 Å². The number of rotatable bonds is 13. The fourth-order valence-corrected chi connectivity index (χ4v) is 9.98. The van der Waals surface area contributed by atoms with Crippen molar-refractivity contribution in [2.75, 3.05) is 20.8 Å². The average molecular weight is 710 g/mol. The van der Waals surface area contributed by atoms with Crippen molar-refractivity contribution in [2.45, 2.75) is 76.4 Å². The van der Waals surface area contributed by atoms with Gasteiger partial charge >= 0.3 is 293 Å². The van der Waals surface area contributed by atoms with Crippen LogP contribution < -0.4 is 20.7 Å². The van der Waals surface area contributed by atoms with Crippen LogP contribution in [-0.2, 0) is 15.1 Å². The van der Waals surface area contributed by atoms with Gasteiger partial charge in [-0.15, -0.1) is 0 Å². The number of nitrogens with zero attached hydrogens (tertiary/aromatic N) is 2. The Labute approximate surface area is 292 Å². The van der Waals surface area contributed by atoms with Crippen LogP contribution >= 0.6 is 7.87 Å². The van der Waals surface area contributed by atoms with E-state index in [1.165, 1.54) is 15.4 Å². The van der Waals surface area contributed by atoms with Crippen molar-refractivity contribution >= 4 is 7.87 Å². The minimum absolute atomic E-state index is 0.251. The minimum atomic E-state index is -4.83. The van der Waals surface area contributed by atoms with Gasteiger partial charge in [0.1, 0.15) is 0 Å². The molecule has 13 heteroatoms. The van der Waals surface area contributed by atoms with Gasteiger partial charge in [0.15, 0.2) is 0 Å². The summed E-state index contributed by atoms with van der Waals surface area (Å²) in [6.07, 6.45) is -1.51. The molecule has 4 N–H and O–H groups in total.